The molecular formula is C72H66N4O. The van der Waals surface area contributed by atoms with Crippen LogP contribution in [0.5, 0.6) is 11.5 Å². The van der Waals surface area contributed by atoms with Crippen molar-refractivity contribution in [2.45, 2.75) is 78.6 Å². The molecule has 2 aromatic heterocycles. The fourth-order valence-corrected chi connectivity index (χ4v) is 10.9. The zero-order chi connectivity index (χ0) is 61.1. The third-order valence-corrected chi connectivity index (χ3v) is 14.8. The number of hydrogen-bond acceptors (Lipinski definition) is 4. The molecule has 380 valence electrons. The van der Waals surface area contributed by atoms with Gasteiger partial charge in [0.2, 0.25) is 0 Å². The normalized spacial score (nSPS) is 14.5. The van der Waals surface area contributed by atoms with Crippen molar-refractivity contribution in [3.05, 3.63) is 241 Å². The first kappa shape index (κ1) is 39.7. The van der Waals surface area contributed by atoms with Gasteiger partial charge < -0.3 is 14.5 Å². The second-order valence-corrected chi connectivity index (χ2v) is 23.1. The lowest BCUT2D eigenvalue weighted by Gasteiger charge is -2.31. The second kappa shape index (κ2) is 19.2. The highest BCUT2D eigenvalue weighted by Gasteiger charge is 2.33. The fraction of sp³-hybridized carbons (Fsp3) is 0.181. The molecule has 5 nitrogen and oxygen atoms in total. The molecule has 9 aromatic carbocycles. The summed E-state index contributed by atoms with van der Waals surface area (Å²) < 4.78 is 89.4. The number of fused-ring (bicyclic) bond motifs is 4. The number of ether oxygens (including phenoxy) is 1. The quantitative estimate of drug-likeness (QED) is 0.144. The Labute approximate surface area is 467 Å². The van der Waals surface area contributed by atoms with E-state index in [1.165, 1.54) is 5.56 Å². The van der Waals surface area contributed by atoms with E-state index in [9.17, 15) is 2.74 Å². The first-order valence-electron chi connectivity index (χ1n) is 30.8. The van der Waals surface area contributed by atoms with Crippen molar-refractivity contribution in [1.29, 1.82) is 0 Å². The number of aromatic nitrogens is 2. The highest BCUT2D eigenvalue weighted by molar-refractivity contribution is 6.09. The van der Waals surface area contributed by atoms with Gasteiger partial charge in [0.25, 0.3) is 0 Å². The molecule has 0 radical (unpaired) electrons. The summed E-state index contributed by atoms with van der Waals surface area (Å²) in [7, 11) is 0. The molecule has 0 amide bonds. The van der Waals surface area contributed by atoms with Crippen molar-refractivity contribution in [2.75, 3.05) is 16.5 Å². The van der Waals surface area contributed by atoms with E-state index in [2.05, 4.69) is 130 Å². The Hall–Kier alpha value is -8.67. The Morgan fingerprint density at radius 1 is 0.442 bits per heavy atom. The zero-order valence-corrected chi connectivity index (χ0v) is 45.1. The highest BCUT2D eigenvalue weighted by Crippen LogP contribution is 2.52. The molecule has 11 aromatic rings. The maximum atomic E-state index is 9.74. The van der Waals surface area contributed by atoms with Gasteiger partial charge in [-0.25, -0.2) is 4.98 Å². The van der Waals surface area contributed by atoms with Crippen LogP contribution >= 0.6 is 0 Å². The SMILES string of the molecule is [2H]c1c([2H])c([2H])c(-c2cnc(-n3c4ccccc4c4ccc(Oc5cccc(N6CN(c7c(-c8ccc(-c9ccccc9)cc8)cccc7-c7ccc(C(C)(C)C)cc7C(C)(C)C)c7c([2H])c([2H])c([2H])c([2H])c76)c5)cc43)cc2C(C)(C)C)c([2H])c1[2H]. The maximum Gasteiger partial charge on any atom is 0.137 e. The lowest BCUT2D eigenvalue weighted by atomic mass is 9.76. The molecule has 0 atom stereocenters. The van der Waals surface area contributed by atoms with Gasteiger partial charge in [0, 0.05) is 51.5 Å². The minimum Gasteiger partial charge on any atom is -0.457 e. The van der Waals surface area contributed by atoms with E-state index in [1.807, 2.05) is 111 Å². The molecule has 0 fully saturated rings. The molecule has 0 bridgehead atoms. The van der Waals surface area contributed by atoms with Crippen LogP contribution in [0.3, 0.4) is 0 Å². The molecule has 1 aliphatic heterocycles. The lowest BCUT2D eigenvalue weighted by molar-refractivity contribution is 0.483. The average Bonchev–Trinajstić information content (AvgIpc) is 1.59. The van der Waals surface area contributed by atoms with Crippen LogP contribution in [0.25, 0.3) is 72.1 Å². The Morgan fingerprint density at radius 2 is 1.06 bits per heavy atom. The summed E-state index contributed by atoms with van der Waals surface area (Å²) in [5.74, 6) is 1.60. The number of pyridine rings is 1. The number of hydrogen-bond donors (Lipinski definition) is 0. The number of rotatable bonds is 9. The molecule has 3 heterocycles. The highest BCUT2D eigenvalue weighted by atomic mass is 16.5. The van der Waals surface area contributed by atoms with E-state index in [0.717, 1.165) is 72.0 Å². The van der Waals surface area contributed by atoms with Crippen molar-refractivity contribution in [1.82, 2.24) is 9.55 Å². The first-order valence-corrected chi connectivity index (χ1v) is 26.3. The van der Waals surface area contributed by atoms with Crippen LogP contribution in [0.4, 0.5) is 22.7 Å². The van der Waals surface area contributed by atoms with Crippen LogP contribution in [0.1, 0.15) is 91.3 Å². The second-order valence-electron chi connectivity index (χ2n) is 23.1. The largest absolute Gasteiger partial charge is 0.457 e. The Balaban J connectivity index is 0.983. The predicted octanol–water partition coefficient (Wildman–Crippen LogP) is 19.8. The molecule has 0 N–H and O–H groups in total. The predicted molar refractivity (Wildman–Crippen MR) is 325 cm³/mol. The van der Waals surface area contributed by atoms with E-state index < -0.39 is 23.5 Å². The van der Waals surface area contributed by atoms with Crippen molar-refractivity contribution in [3.8, 4) is 61.8 Å². The van der Waals surface area contributed by atoms with E-state index in [-0.39, 0.29) is 59.3 Å². The van der Waals surface area contributed by atoms with Crippen LogP contribution in [0, 0.1) is 0 Å². The molecular weight excluding hydrogens is 937 g/mol. The monoisotopic (exact) mass is 1010 g/mol. The van der Waals surface area contributed by atoms with E-state index in [1.54, 1.807) is 6.20 Å². The molecule has 12 rings (SSSR count). The summed E-state index contributed by atoms with van der Waals surface area (Å²) in [6, 6.07) is 52.6. The van der Waals surface area contributed by atoms with Crippen LogP contribution in [-0.4, -0.2) is 16.2 Å². The lowest BCUT2D eigenvalue weighted by Crippen LogP contribution is -2.25. The van der Waals surface area contributed by atoms with Gasteiger partial charge >= 0.3 is 0 Å². The summed E-state index contributed by atoms with van der Waals surface area (Å²) >= 11 is 0. The zero-order valence-electron chi connectivity index (χ0n) is 54.1. The van der Waals surface area contributed by atoms with Gasteiger partial charge in [-0.1, -0.05) is 220 Å². The minimum absolute atomic E-state index is 0.0988. The summed E-state index contributed by atoms with van der Waals surface area (Å²) in [6.45, 7) is 19.6. The minimum atomic E-state index is -0.537. The van der Waals surface area contributed by atoms with Gasteiger partial charge in [-0.15, -0.1) is 0 Å². The third-order valence-electron chi connectivity index (χ3n) is 14.8. The smallest absolute Gasteiger partial charge is 0.137 e. The Bertz CT molecular complexity index is 4510. The first-order chi connectivity index (χ1) is 40.8. The van der Waals surface area contributed by atoms with Crippen LogP contribution in [0.15, 0.2) is 224 Å². The number of anilines is 4. The summed E-state index contributed by atoms with van der Waals surface area (Å²) in [4.78, 5) is 9.02. The molecule has 1 aliphatic rings. The molecule has 0 spiro atoms. The number of nitrogens with zero attached hydrogens (tertiary/aromatic N) is 4. The van der Waals surface area contributed by atoms with Crippen molar-refractivity contribution >= 4 is 44.6 Å². The van der Waals surface area contributed by atoms with Crippen molar-refractivity contribution in [2.24, 2.45) is 0 Å². The summed E-state index contributed by atoms with van der Waals surface area (Å²) in [5.41, 5.74) is 12.6. The van der Waals surface area contributed by atoms with Crippen LogP contribution in [0.2, 0.25) is 0 Å². The Morgan fingerprint density at radius 3 is 1.81 bits per heavy atom. The van der Waals surface area contributed by atoms with Gasteiger partial charge in [0.1, 0.15) is 24.0 Å². The molecule has 0 aliphatic carbocycles. The maximum absolute atomic E-state index is 9.74. The van der Waals surface area contributed by atoms with E-state index in [4.69, 9.17) is 19.3 Å². The van der Waals surface area contributed by atoms with Gasteiger partial charge in [0.05, 0.1) is 40.4 Å². The topological polar surface area (TPSA) is 33.5 Å². The molecule has 0 saturated carbocycles. The number of benzene rings is 9. The van der Waals surface area contributed by atoms with Crippen LogP contribution < -0.4 is 14.5 Å². The fourth-order valence-electron chi connectivity index (χ4n) is 10.9. The van der Waals surface area contributed by atoms with Gasteiger partial charge in [0.15, 0.2) is 0 Å². The van der Waals surface area contributed by atoms with Gasteiger partial charge in [-0.2, -0.15) is 0 Å². The van der Waals surface area contributed by atoms with Crippen LogP contribution in [-0.2, 0) is 16.2 Å². The van der Waals surface area contributed by atoms with E-state index in [0.29, 0.717) is 39.9 Å². The van der Waals surface area contributed by atoms with Gasteiger partial charge in [-0.05, 0) is 109 Å². The summed E-state index contributed by atoms with van der Waals surface area (Å²) in [6.07, 6.45) is 1.62. The van der Waals surface area contributed by atoms with Crippen molar-refractivity contribution < 1.29 is 17.1 Å². The molecule has 0 saturated heterocycles. The Kier molecular flexibility index (Phi) is 9.88. The molecule has 0 unspecified atom stereocenters. The van der Waals surface area contributed by atoms with E-state index >= 15 is 0 Å². The number of para-hydroxylation sites is 4. The third kappa shape index (κ3) is 9.24. The van der Waals surface area contributed by atoms with Crippen molar-refractivity contribution in [3.63, 3.8) is 0 Å². The molecule has 5 heteroatoms. The summed E-state index contributed by atoms with van der Waals surface area (Å²) in [5, 5.41) is 1.93. The standard InChI is InChI=1S/C72H66N4O/c1-70(2,3)52-38-40-57(62(42-52)71(4,5)6)60-30-21-29-56(51-36-34-49(35-37-51)48-22-12-10-13-23-48)69(60)75-47-74(65-32-18-19-33-66(65)75)53-26-20-27-54(43-53)77-55-39-41-59-58-28-16-17-31-64(58)76(67(59)44-55)68-45-63(72(7,8)9)61(46-73-68)50-24-14-11-15-25-50/h10-46H,47H2,1-9H3/i11D,14D,15D,18D,19D,24D,25D,32D,33D. The van der Waals surface area contributed by atoms with Gasteiger partial charge in [-0.3, -0.25) is 4.57 Å². The average molecular weight is 1010 g/mol. The molecule has 77 heavy (non-hydrogen) atoms.